The number of esters is 1. The zero-order valence-corrected chi connectivity index (χ0v) is 9.91. The van der Waals surface area contributed by atoms with Crippen LogP contribution in [0.15, 0.2) is 18.3 Å². The second kappa shape index (κ2) is 4.49. The minimum absolute atomic E-state index is 0.0743. The first kappa shape index (κ1) is 11.5. The van der Waals surface area contributed by atoms with E-state index in [9.17, 15) is 9.90 Å². The van der Waals surface area contributed by atoms with Crippen LogP contribution in [0.5, 0.6) is 5.75 Å². The molecule has 2 N–H and O–H groups in total. The van der Waals surface area contributed by atoms with Crippen molar-refractivity contribution in [3.63, 3.8) is 0 Å². The number of aromatic nitrogens is 1. The molecule has 0 saturated carbocycles. The highest BCUT2D eigenvalue weighted by atomic mass is 16.5. The topological polar surface area (TPSA) is 62.3 Å². The van der Waals surface area contributed by atoms with Crippen LogP contribution < -0.4 is 0 Å². The Morgan fingerprint density at radius 1 is 1.41 bits per heavy atom. The van der Waals surface area contributed by atoms with Crippen LogP contribution in [-0.2, 0) is 11.2 Å². The van der Waals surface area contributed by atoms with Gasteiger partial charge in [0.25, 0.3) is 0 Å². The molecule has 0 spiro atoms. The second-order valence-corrected chi connectivity index (χ2v) is 3.81. The maximum Gasteiger partial charge on any atom is 0.338 e. The fraction of sp³-hybridized carbons (Fsp3) is 0.308. The van der Waals surface area contributed by atoms with Crippen molar-refractivity contribution in [3.05, 3.63) is 29.5 Å². The van der Waals surface area contributed by atoms with Crippen LogP contribution in [0.25, 0.3) is 10.9 Å². The first-order valence-electron chi connectivity index (χ1n) is 5.67. The molecule has 1 aromatic carbocycles. The van der Waals surface area contributed by atoms with E-state index in [1.165, 1.54) is 6.07 Å². The van der Waals surface area contributed by atoms with E-state index < -0.39 is 5.97 Å². The molecule has 4 nitrogen and oxygen atoms in total. The van der Waals surface area contributed by atoms with Crippen LogP contribution >= 0.6 is 0 Å². The summed E-state index contributed by atoms with van der Waals surface area (Å²) in [5, 5.41) is 10.7. The predicted octanol–water partition coefficient (Wildman–Crippen LogP) is 2.61. The molecule has 0 atom stereocenters. The van der Waals surface area contributed by atoms with E-state index in [0.29, 0.717) is 17.7 Å². The number of benzene rings is 1. The van der Waals surface area contributed by atoms with Crippen LogP contribution in [0.2, 0.25) is 0 Å². The molecule has 0 unspecified atom stereocenters. The summed E-state index contributed by atoms with van der Waals surface area (Å²) in [5.74, 6) is -0.335. The van der Waals surface area contributed by atoms with Crippen LogP contribution in [-0.4, -0.2) is 22.7 Å². The molecule has 0 aliphatic rings. The first-order chi connectivity index (χ1) is 8.17. The van der Waals surface area contributed by atoms with Gasteiger partial charge in [-0.15, -0.1) is 0 Å². The van der Waals surface area contributed by atoms with Crippen molar-refractivity contribution in [2.24, 2.45) is 0 Å². The number of phenolic OH excluding ortho intramolecular Hbond substituents is 1. The summed E-state index contributed by atoms with van der Waals surface area (Å²) >= 11 is 0. The number of phenols is 1. The number of hydrogen-bond donors (Lipinski definition) is 2. The highest BCUT2D eigenvalue weighted by Crippen LogP contribution is 2.28. The number of hydrogen-bond acceptors (Lipinski definition) is 3. The third-order valence-electron chi connectivity index (χ3n) is 2.75. The molecule has 0 aliphatic carbocycles. The van der Waals surface area contributed by atoms with Gasteiger partial charge in [0.15, 0.2) is 0 Å². The van der Waals surface area contributed by atoms with Crippen LogP contribution in [0.1, 0.15) is 29.8 Å². The van der Waals surface area contributed by atoms with Gasteiger partial charge in [0.2, 0.25) is 0 Å². The Kier molecular flexibility index (Phi) is 3.04. The first-order valence-corrected chi connectivity index (χ1v) is 5.67. The standard InChI is InChI=1S/C13H15NO3/c1-3-8-7-14-12-10(8)5-9(6-11(12)15)13(16)17-4-2/h5-7,14-15H,3-4H2,1-2H3. The summed E-state index contributed by atoms with van der Waals surface area (Å²) in [6, 6.07) is 3.18. The summed E-state index contributed by atoms with van der Waals surface area (Å²) in [6.07, 6.45) is 2.69. The molecule has 0 fully saturated rings. The number of ether oxygens (including phenoxy) is 1. The monoisotopic (exact) mass is 233 g/mol. The minimum Gasteiger partial charge on any atom is -0.506 e. The smallest absolute Gasteiger partial charge is 0.338 e. The number of rotatable bonds is 3. The number of H-pyrrole nitrogens is 1. The molecule has 1 heterocycles. The van der Waals surface area contributed by atoms with Crippen molar-refractivity contribution in [2.45, 2.75) is 20.3 Å². The van der Waals surface area contributed by atoms with Crippen molar-refractivity contribution in [3.8, 4) is 5.75 Å². The van der Waals surface area contributed by atoms with Crippen molar-refractivity contribution in [1.29, 1.82) is 0 Å². The second-order valence-electron chi connectivity index (χ2n) is 3.81. The molecule has 1 aromatic heterocycles. The van der Waals surface area contributed by atoms with Gasteiger partial charge in [-0.3, -0.25) is 0 Å². The van der Waals surface area contributed by atoms with Gasteiger partial charge < -0.3 is 14.8 Å². The number of aryl methyl sites for hydroxylation is 1. The number of aromatic hydroxyl groups is 1. The molecule has 2 rings (SSSR count). The van der Waals surface area contributed by atoms with Gasteiger partial charge in [-0.2, -0.15) is 0 Å². The van der Waals surface area contributed by atoms with Gasteiger partial charge in [0.1, 0.15) is 5.75 Å². The molecule has 0 bridgehead atoms. The summed E-state index contributed by atoms with van der Waals surface area (Å²) < 4.78 is 4.92. The molecule has 2 aromatic rings. The lowest BCUT2D eigenvalue weighted by molar-refractivity contribution is 0.0526. The number of carbonyl (C=O) groups is 1. The van der Waals surface area contributed by atoms with E-state index in [4.69, 9.17) is 4.74 Å². The number of aromatic amines is 1. The van der Waals surface area contributed by atoms with Gasteiger partial charge in [0, 0.05) is 11.6 Å². The van der Waals surface area contributed by atoms with Gasteiger partial charge in [0.05, 0.1) is 17.7 Å². The maximum absolute atomic E-state index is 11.6. The molecule has 0 amide bonds. The molecular weight excluding hydrogens is 218 g/mol. The van der Waals surface area contributed by atoms with Crippen molar-refractivity contribution in [2.75, 3.05) is 6.61 Å². The van der Waals surface area contributed by atoms with Crippen molar-refractivity contribution < 1.29 is 14.6 Å². The lowest BCUT2D eigenvalue weighted by Gasteiger charge is -2.04. The Morgan fingerprint density at radius 2 is 2.18 bits per heavy atom. The Morgan fingerprint density at radius 3 is 2.82 bits per heavy atom. The molecule has 90 valence electrons. The molecular formula is C13H15NO3. The van der Waals surface area contributed by atoms with Gasteiger partial charge in [-0.25, -0.2) is 4.79 Å². The molecule has 0 aliphatic heterocycles. The predicted molar refractivity (Wildman–Crippen MR) is 65.3 cm³/mol. The Bertz CT molecular complexity index is 557. The zero-order valence-electron chi connectivity index (χ0n) is 9.91. The average Bonchev–Trinajstić information content (AvgIpc) is 2.72. The number of nitrogens with one attached hydrogen (secondary N) is 1. The van der Waals surface area contributed by atoms with Gasteiger partial charge in [-0.1, -0.05) is 6.92 Å². The number of carbonyl (C=O) groups excluding carboxylic acids is 1. The minimum atomic E-state index is -0.409. The highest BCUT2D eigenvalue weighted by Gasteiger charge is 2.13. The van der Waals surface area contributed by atoms with Crippen LogP contribution in [0.3, 0.4) is 0 Å². The number of fused-ring (bicyclic) bond motifs is 1. The van der Waals surface area contributed by atoms with E-state index in [1.807, 2.05) is 13.1 Å². The fourth-order valence-corrected chi connectivity index (χ4v) is 1.89. The van der Waals surface area contributed by atoms with E-state index in [0.717, 1.165) is 17.4 Å². The van der Waals surface area contributed by atoms with E-state index >= 15 is 0 Å². The summed E-state index contributed by atoms with van der Waals surface area (Å²) in [4.78, 5) is 14.6. The van der Waals surface area contributed by atoms with E-state index in [2.05, 4.69) is 4.98 Å². The SMILES string of the molecule is CCOC(=O)c1cc(O)c2[nH]cc(CC)c2c1. The van der Waals surface area contributed by atoms with Crippen LogP contribution in [0.4, 0.5) is 0 Å². The fourth-order valence-electron chi connectivity index (χ4n) is 1.89. The summed E-state index contributed by atoms with van der Waals surface area (Å²) in [5.41, 5.74) is 2.11. The maximum atomic E-state index is 11.6. The Hall–Kier alpha value is -1.97. The highest BCUT2D eigenvalue weighted by molar-refractivity contribution is 5.98. The van der Waals surface area contributed by atoms with Crippen molar-refractivity contribution >= 4 is 16.9 Å². The average molecular weight is 233 g/mol. The lowest BCUT2D eigenvalue weighted by Crippen LogP contribution is -2.04. The van der Waals surface area contributed by atoms with Crippen molar-refractivity contribution in [1.82, 2.24) is 4.98 Å². The van der Waals surface area contributed by atoms with Crippen LogP contribution in [0, 0.1) is 0 Å². The Balaban J connectivity index is 2.56. The van der Waals surface area contributed by atoms with E-state index in [1.54, 1.807) is 13.0 Å². The largest absolute Gasteiger partial charge is 0.506 e. The Labute approximate surface area is 99.2 Å². The normalized spacial score (nSPS) is 10.7. The van der Waals surface area contributed by atoms with E-state index in [-0.39, 0.29) is 5.75 Å². The van der Waals surface area contributed by atoms with Gasteiger partial charge in [-0.05, 0) is 31.0 Å². The molecule has 0 radical (unpaired) electrons. The molecule has 17 heavy (non-hydrogen) atoms. The molecule has 0 saturated heterocycles. The third-order valence-corrected chi connectivity index (χ3v) is 2.75. The summed E-state index contributed by atoms with van der Waals surface area (Å²) in [6.45, 7) is 4.10. The summed E-state index contributed by atoms with van der Waals surface area (Å²) in [7, 11) is 0. The zero-order chi connectivity index (χ0) is 12.4. The van der Waals surface area contributed by atoms with Gasteiger partial charge >= 0.3 is 5.97 Å². The quantitative estimate of drug-likeness (QED) is 0.801. The third kappa shape index (κ3) is 1.98. The lowest BCUT2D eigenvalue weighted by atomic mass is 10.1. The molecule has 4 heteroatoms.